The lowest BCUT2D eigenvalue weighted by Gasteiger charge is -1.96. The van der Waals surface area contributed by atoms with Gasteiger partial charge >= 0.3 is 5.97 Å². The van der Waals surface area contributed by atoms with Crippen LogP contribution in [-0.4, -0.2) is 26.0 Å². The van der Waals surface area contributed by atoms with Crippen molar-refractivity contribution in [3.05, 3.63) is 29.3 Å². The molecule has 0 bridgehead atoms. The lowest BCUT2D eigenvalue weighted by Crippen LogP contribution is -2.06. The van der Waals surface area contributed by atoms with Crippen LogP contribution in [0.1, 0.15) is 11.4 Å². The van der Waals surface area contributed by atoms with Crippen molar-refractivity contribution in [2.24, 2.45) is 0 Å². The normalized spacial score (nSPS) is 12.7. The highest BCUT2D eigenvalue weighted by Crippen LogP contribution is 2.22. The number of thiazole rings is 1. The first kappa shape index (κ1) is 12.2. The quantitative estimate of drug-likeness (QED) is 0.901. The smallest absolute Gasteiger partial charge is 0.304 e. The molecule has 0 fully saturated rings. The van der Waals surface area contributed by atoms with Gasteiger partial charge in [-0.05, 0) is 12.1 Å². The van der Waals surface area contributed by atoms with E-state index < -0.39 is 16.8 Å². The fourth-order valence-corrected chi connectivity index (χ4v) is 3.67. The van der Waals surface area contributed by atoms with E-state index in [2.05, 4.69) is 4.98 Å². The Morgan fingerprint density at radius 3 is 2.88 bits per heavy atom. The summed E-state index contributed by atoms with van der Waals surface area (Å²) in [6, 6.07) is 7.73. The van der Waals surface area contributed by atoms with Crippen molar-refractivity contribution in [2.45, 2.75) is 12.2 Å². The molecule has 1 heterocycles. The zero-order chi connectivity index (χ0) is 12.3. The number of aromatic nitrogens is 1. The van der Waals surface area contributed by atoms with E-state index in [1.165, 1.54) is 11.3 Å². The minimum atomic E-state index is -1.15. The van der Waals surface area contributed by atoms with Gasteiger partial charge in [-0.25, -0.2) is 4.98 Å². The largest absolute Gasteiger partial charge is 0.481 e. The van der Waals surface area contributed by atoms with E-state index in [-0.39, 0.29) is 12.2 Å². The Labute approximate surface area is 105 Å². The Morgan fingerprint density at radius 1 is 1.41 bits per heavy atom. The lowest BCUT2D eigenvalue weighted by molar-refractivity contribution is -0.136. The minimum absolute atomic E-state index is 0.0580. The Balaban J connectivity index is 2.03. The van der Waals surface area contributed by atoms with E-state index >= 15 is 0 Å². The number of nitrogens with zero attached hydrogens (tertiary/aromatic N) is 1. The van der Waals surface area contributed by atoms with Crippen LogP contribution in [0.15, 0.2) is 24.3 Å². The lowest BCUT2D eigenvalue weighted by atomic mass is 10.3. The second-order valence-corrected chi connectivity index (χ2v) is 6.20. The molecule has 0 saturated carbocycles. The average Bonchev–Trinajstić information content (AvgIpc) is 2.68. The summed E-state index contributed by atoms with van der Waals surface area (Å²) in [5.41, 5.74) is 0.905. The average molecular weight is 269 g/mol. The van der Waals surface area contributed by atoms with Gasteiger partial charge in [-0.15, -0.1) is 11.3 Å². The summed E-state index contributed by atoms with van der Waals surface area (Å²) in [7, 11) is -1.15. The van der Waals surface area contributed by atoms with E-state index in [4.69, 9.17) is 5.11 Å². The molecule has 0 spiro atoms. The van der Waals surface area contributed by atoms with Gasteiger partial charge in [0.15, 0.2) is 0 Å². The molecule has 1 atom stereocenters. The van der Waals surface area contributed by atoms with Crippen molar-refractivity contribution in [1.82, 2.24) is 4.98 Å². The monoisotopic (exact) mass is 269 g/mol. The highest BCUT2D eigenvalue weighted by Gasteiger charge is 2.09. The fourth-order valence-electron chi connectivity index (χ4n) is 1.39. The summed E-state index contributed by atoms with van der Waals surface area (Å²) < 4.78 is 12.7. The minimum Gasteiger partial charge on any atom is -0.481 e. The summed E-state index contributed by atoms with van der Waals surface area (Å²) in [5.74, 6) is -0.389. The molecular weight excluding hydrogens is 258 g/mol. The molecule has 2 aromatic rings. The molecular formula is C11H11NO3S2. The molecule has 1 N–H and O–H groups in total. The molecule has 17 heavy (non-hydrogen) atoms. The number of benzene rings is 1. The first-order chi connectivity index (χ1) is 8.15. The number of aliphatic carboxylic acids is 1. The van der Waals surface area contributed by atoms with Crippen LogP contribution in [-0.2, 0) is 21.3 Å². The summed E-state index contributed by atoms with van der Waals surface area (Å²) in [5, 5.41) is 9.30. The molecule has 0 aliphatic heterocycles. The second kappa shape index (κ2) is 5.37. The van der Waals surface area contributed by atoms with Crippen LogP contribution >= 0.6 is 11.3 Å². The van der Waals surface area contributed by atoms with Crippen molar-refractivity contribution in [1.29, 1.82) is 0 Å². The molecule has 0 aliphatic carbocycles. The van der Waals surface area contributed by atoms with Crippen molar-refractivity contribution >= 4 is 38.3 Å². The number of fused-ring (bicyclic) bond motifs is 1. The van der Waals surface area contributed by atoms with Crippen molar-refractivity contribution in [3.8, 4) is 0 Å². The van der Waals surface area contributed by atoms with Crippen LogP contribution in [0.2, 0.25) is 0 Å². The molecule has 90 valence electrons. The molecule has 1 aromatic carbocycles. The van der Waals surface area contributed by atoms with Crippen LogP contribution in [0.3, 0.4) is 0 Å². The topological polar surface area (TPSA) is 67.3 Å². The van der Waals surface area contributed by atoms with E-state index in [1.54, 1.807) is 0 Å². The maximum Gasteiger partial charge on any atom is 0.304 e. The standard InChI is InChI=1S/C11H11NO3S2/c13-11(14)5-6-17(15)7-10-12-8-3-1-2-4-9(8)16-10/h1-4H,5-7H2,(H,13,14). The molecule has 1 unspecified atom stereocenters. The van der Waals surface area contributed by atoms with Gasteiger partial charge < -0.3 is 5.11 Å². The Bertz CT molecular complexity index is 532. The highest BCUT2D eigenvalue weighted by atomic mass is 32.2. The van der Waals surface area contributed by atoms with Crippen LogP contribution in [0.5, 0.6) is 0 Å². The number of hydrogen-bond acceptors (Lipinski definition) is 4. The first-order valence-corrected chi connectivity index (χ1v) is 7.37. The maximum atomic E-state index is 11.6. The predicted molar refractivity (Wildman–Crippen MR) is 68.6 cm³/mol. The summed E-state index contributed by atoms with van der Waals surface area (Å²) in [6.45, 7) is 0. The van der Waals surface area contributed by atoms with Crippen LogP contribution in [0.25, 0.3) is 10.2 Å². The Kier molecular flexibility index (Phi) is 3.86. The number of rotatable bonds is 5. The first-order valence-electron chi connectivity index (χ1n) is 5.06. The van der Waals surface area contributed by atoms with Crippen molar-refractivity contribution < 1.29 is 14.1 Å². The van der Waals surface area contributed by atoms with E-state index in [0.29, 0.717) is 5.75 Å². The van der Waals surface area contributed by atoms with Crippen molar-refractivity contribution in [2.75, 3.05) is 5.75 Å². The van der Waals surface area contributed by atoms with E-state index in [9.17, 15) is 9.00 Å². The number of para-hydroxylation sites is 1. The molecule has 0 aliphatic rings. The van der Waals surface area contributed by atoms with Gasteiger partial charge in [0, 0.05) is 16.6 Å². The summed E-state index contributed by atoms with van der Waals surface area (Å²) >= 11 is 1.51. The zero-order valence-corrected chi connectivity index (χ0v) is 10.6. The summed E-state index contributed by atoms with van der Waals surface area (Å²) in [4.78, 5) is 14.7. The number of carboxylic acid groups (broad SMARTS) is 1. The third kappa shape index (κ3) is 3.34. The molecule has 1 aromatic heterocycles. The van der Waals surface area contributed by atoms with Gasteiger partial charge in [-0.1, -0.05) is 12.1 Å². The predicted octanol–water partition coefficient (Wildman–Crippen LogP) is 2.02. The fraction of sp³-hybridized carbons (Fsp3) is 0.273. The zero-order valence-electron chi connectivity index (χ0n) is 8.96. The number of carbonyl (C=O) groups is 1. The summed E-state index contributed by atoms with van der Waals surface area (Å²) in [6.07, 6.45) is -0.0580. The number of hydrogen-bond donors (Lipinski definition) is 1. The van der Waals surface area contributed by atoms with Gasteiger partial charge in [0.2, 0.25) is 0 Å². The Morgan fingerprint density at radius 2 is 2.18 bits per heavy atom. The molecule has 6 heteroatoms. The molecule has 2 rings (SSSR count). The third-order valence-electron chi connectivity index (χ3n) is 2.17. The van der Waals surface area contributed by atoms with Crippen molar-refractivity contribution in [3.63, 3.8) is 0 Å². The second-order valence-electron chi connectivity index (χ2n) is 3.51. The van der Waals surface area contributed by atoms with Crippen LogP contribution in [0, 0.1) is 0 Å². The van der Waals surface area contributed by atoms with Gasteiger partial charge in [0.05, 0.1) is 22.4 Å². The van der Waals surface area contributed by atoms with Gasteiger partial charge in [-0.2, -0.15) is 0 Å². The van der Waals surface area contributed by atoms with Gasteiger partial charge in [0.1, 0.15) is 5.01 Å². The maximum absolute atomic E-state index is 11.6. The molecule has 0 saturated heterocycles. The molecule has 0 amide bonds. The van der Waals surface area contributed by atoms with Crippen LogP contribution < -0.4 is 0 Å². The third-order valence-corrected chi connectivity index (χ3v) is 4.64. The molecule has 4 nitrogen and oxygen atoms in total. The van der Waals surface area contributed by atoms with Gasteiger partial charge in [-0.3, -0.25) is 9.00 Å². The SMILES string of the molecule is O=C(O)CCS(=O)Cc1nc2ccccc2s1. The van der Waals surface area contributed by atoms with Gasteiger partial charge in [0.25, 0.3) is 0 Å². The highest BCUT2D eigenvalue weighted by molar-refractivity contribution is 7.84. The van der Waals surface area contributed by atoms with Crippen LogP contribution in [0.4, 0.5) is 0 Å². The van der Waals surface area contributed by atoms with E-state index in [0.717, 1.165) is 15.2 Å². The number of carboxylic acids is 1. The molecule has 0 radical (unpaired) electrons. The Hall–Kier alpha value is -1.27. The van der Waals surface area contributed by atoms with E-state index in [1.807, 2.05) is 24.3 Å².